The third-order valence-electron chi connectivity index (χ3n) is 4.07. The summed E-state index contributed by atoms with van der Waals surface area (Å²) in [5.74, 6) is -1.38. The molecule has 2 aromatic carbocycles. The van der Waals surface area contributed by atoms with Gasteiger partial charge in [-0.2, -0.15) is 0 Å². The number of fused-ring (bicyclic) bond motifs is 1. The van der Waals surface area contributed by atoms with Gasteiger partial charge >= 0.3 is 0 Å². The maximum Gasteiger partial charge on any atom is 0.187 e. The molecule has 0 saturated heterocycles. The highest BCUT2D eigenvalue weighted by atomic mass is 19.2. The summed E-state index contributed by atoms with van der Waals surface area (Å²) in [6, 6.07) is 16.8. The molecular formula is C20H14F2N4. The zero-order valence-corrected chi connectivity index (χ0v) is 13.9. The Labute approximate surface area is 148 Å². The summed E-state index contributed by atoms with van der Waals surface area (Å²) >= 11 is 0. The van der Waals surface area contributed by atoms with E-state index in [0.29, 0.717) is 22.7 Å². The third kappa shape index (κ3) is 2.86. The van der Waals surface area contributed by atoms with Crippen LogP contribution in [0.25, 0.3) is 16.9 Å². The zero-order valence-electron chi connectivity index (χ0n) is 13.9. The Morgan fingerprint density at radius 2 is 1.69 bits per heavy atom. The number of hydrogen-bond acceptors (Lipinski definition) is 3. The van der Waals surface area contributed by atoms with Crippen molar-refractivity contribution in [3.63, 3.8) is 0 Å². The van der Waals surface area contributed by atoms with Crippen molar-refractivity contribution in [2.45, 2.75) is 6.92 Å². The Hall–Kier alpha value is -3.41. The fourth-order valence-corrected chi connectivity index (χ4v) is 2.69. The minimum absolute atomic E-state index is 0.436. The average molecular weight is 348 g/mol. The van der Waals surface area contributed by atoms with Crippen LogP contribution in [0.1, 0.15) is 5.56 Å². The number of imidazole rings is 1. The van der Waals surface area contributed by atoms with Gasteiger partial charge in [-0.3, -0.25) is 4.40 Å². The Balaban J connectivity index is 1.89. The third-order valence-corrected chi connectivity index (χ3v) is 4.07. The van der Waals surface area contributed by atoms with Gasteiger partial charge in [0.15, 0.2) is 17.5 Å². The van der Waals surface area contributed by atoms with Crippen molar-refractivity contribution in [2.75, 3.05) is 0 Å². The molecule has 0 spiro atoms. The molecule has 2 aromatic heterocycles. The minimum Gasteiger partial charge on any atom is -0.283 e. The van der Waals surface area contributed by atoms with Crippen molar-refractivity contribution in [1.29, 1.82) is 0 Å². The SMILES string of the molecule is Cc1ccccc1N=Nc1c(-c2ccc(F)c(F)c2)nc2ccccn12. The van der Waals surface area contributed by atoms with Gasteiger partial charge in [0.05, 0.1) is 5.69 Å². The summed E-state index contributed by atoms with van der Waals surface area (Å²) in [7, 11) is 0. The van der Waals surface area contributed by atoms with Crippen LogP contribution in [-0.2, 0) is 0 Å². The lowest BCUT2D eigenvalue weighted by atomic mass is 10.1. The molecule has 0 N–H and O–H groups in total. The first-order valence-corrected chi connectivity index (χ1v) is 8.03. The van der Waals surface area contributed by atoms with Gasteiger partial charge in [-0.25, -0.2) is 13.8 Å². The van der Waals surface area contributed by atoms with E-state index in [0.717, 1.165) is 23.4 Å². The van der Waals surface area contributed by atoms with E-state index in [4.69, 9.17) is 0 Å². The van der Waals surface area contributed by atoms with Crippen molar-refractivity contribution < 1.29 is 8.78 Å². The molecule has 0 bridgehead atoms. The quantitative estimate of drug-likeness (QED) is 0.418. The normalized spacial score (nSPS) is 11.5. The molecule has 6 heteroatoms. The van der Waals surface area contributed by atoms with E-state index in [1.807, 2.05) is 49.4 Å². The van der Waals surface area contributed by atoms with E-state index >= 15 is 0 Å². The summed E-state index contributed by atoms with van der Waals surface area (Å²) in [5, 5.41) is 8.68. The van der Waals surface area contributed by atoms with Gasteiger partial charge in [-0.15, -0.1) is 10.2 Å². The summed E-state index contributed by atoms with van der Waals surface area (Å²) in [4.78, 5) is 4.51. The van der Waals surface area contributed by atoms with Crippen LogP contribution in [-0.4, -0.2) is 9.38 Å². The number of halogens is 2. The van der Waals surface area contributed by atoms with Crippen LogP contribution in [0, 0.1) is 18.6 Å². The summed E-state index contributed by atoms with van der Waals surface area (Å²) in [5.41, 5.74) is 3.23. The molecule has 26 heavy (non-hydrogen) atoms. The average Bonchev–Trinajstić information content (AvgIpc) is 3.02. The lowest BCUT2D eigenvalue weighted by Gasteiger charge is -2.01. The molecule has 2 heterocycles. The molecule has 4 rings (SSSR count). The summed E-state index contributed by atoms with van der Waals surface area (Å²) in [6.07, 6.45) is 1.80. The predicted molar refractivity (Wildman–Crippen MR) is 95.9 cm³/mol. The summed E-state index contributed by atoms with van der Waals surface area (Å²) in [6.45, 7) is 1.94. The molecule has 128 valence electrons. The van der Waals surface area contributed by atoms with Gasteiger partial charge in [0.1, 0.15) is 11.3 Å². The number of pyridine rings is 1. The molecule has 0 aliphatic heterocycles. The fourth-order valence-electron chi connectivity index (χ4n) is 2.69. The van der Waals surface area contributed by atoms with Gasteiger partial charge in [0.25, 0.3) is 0 Å². The van der Waals surface area contributed by atoms with Crippen molar-refractivity contribution in [3.8, 4) is 11.3 Å². The molecule has 0 unspecified atom stereocenters. The topological polar surface area (TPSA) is 42.0 Å². The maximum absolute atomic E-state index is 13.7. The van der Waals surface area contributed by atoms with Crippen LogP contribution in [0.2, 0.25) is 0 Å². The first-order valence-electron chi connectivity index (χ1n) is 8.03. The fraction of sp³-hybridized carbons (Fsp3) is 0.0500. The van der Waals surface area contributed by atoms with Crippen LogP contribution in [0.3, 0.4) is 0 Å². The van der Waals surface area contributed by atoms with E-state index in [-0.39, 0.29) is 0 Å². The number of aryl methyl sites for hydroxylation is 1. The number of benzene rings is 2. The lowest BCUT2D eigenvalue weighted by Crippen LogP contribution is -1.86. The monoisotopic (exact) mass is 348 g/mol. The van der Waals surface area contributed by atoms with E-state index in [1.54, 1.807) is 10.6 Å². The largest absolute Gasteiger partial charge is 0.283 e. The van der Waals surface area contributed by atoms with Crippen LogP contribution >= 0.6 is 0 Å². The highest BCUT2D eigenvalue weighted by molar-refractivity contribution is 5.74. The first kappa shape index (κ1) is 16.1. The van der Waals surface area contributed by atoms with Gasteiger partial charge in [0, 0.05) is 11.8 Å². The van der Waals surface area contributed by atoms with E-state index in [2.05, 4.69) is 15.2 Å². The Morgan fingerprint density at radius 3 is 2.50 bits per heavy atom. The van der Waals surface area contributed by atoms with Crippen LogP contribution in [0.4, 0.5) is 20.3 Å². The Kier molecular flexibility index (Phi) is 4.01. The number of hydrogen-bond donors (Lipinski definition) is 0. The van der Waals surface area contributed by atoms with Crippen LogP contribution in [0.15, 0.2) is 77.1 Å². The second kappa shape index (κ2) is 6.48. The molecule has 0 radical (unpaired) electrons. The number of rotatable bonds is 3. The molecule has 0 fully saturated rings. The zero-order chi connectivity index (χ0) is 18.1. The van der Waals surface area contributed by atoms with Gasteiger partial charge in [-0.05, 0) is 48.9 Å². The van der Waals surface area contributed by atoms with Gasteiger partial charge < -0.3 is 0 Å². The minimum atomic E-state index is -0.929. The Bertz CT molecular complexity index is 1130. The molecule has 0 aliphatic rings. The summed E-state index contributed by atoms with van der Waals surface area (Å²) < 4.78 is 28.7. The van der Waals surface area contributed by atoms with E-state index in [9.17, 15) is 8.78 Å². The maximum atomic E-state index is 13.7. The van der Waals surface area contributed by atoms with E-state index < -0.39 is 11.6 Å². The second-order valence-electron chi connectivity index (χ2n) is 5.83. The first-order chi connectivity index (χ1) is 12.6. The van der Waals surface area contributed by atoms with Crippen molar-refractivity contribution >= 4 is 17.2 Å². The number of azo groups is 1. The second-order valence-corrected chi connectivity index (χ2v) is 5.83. The molecule has 0 aliphatic carbocycles. The predicted octanol–water partition coefficient (Wildman–Crippen LogP) is 6.00. The highest BCUT2D eigenvalue weighted by Crippen LogP contribution is 2.33. The number of aromatic nitrogens is 2. The lowest BCUT2D eigenvalue weighted by molar-refractivity contribution is 0.509. The van der Waals surface area contributed by atoms with Gasteiger partial charge in [-0.1, -0.05) is 24.3 Å². The standard InChI is InChI=1S/C20H14F2N4/c1-13-6-2-3-7-17(13)24-25-20-19(14-9-10-15(21)16(22)12-14)23-18-8-4-5-11-26(18)20/h2-12H,1H3. The Morgan fingerprint density at radius 1 is 0.885 bits per heavy atom. The van der Waals surface area contributed by atoms with Crippen LogP contribution in [0.5, 0.6) is 0 Å². The highest BCUT2D eigenvalue weighted by Gasteiger charge is 2.15. The molecule has 0 amide bonds. The van der Waals surface area contributed by atoms with Crippen molar-refractivity contribution in [2.24, 2.45) is 10.2 Å². The van der Waals surface area contributed by atoms with Gasteiger partial charge in [0.2, 0.25) is 0 Å². The smallest absolute Gasteiger partial charge is 0.187 e. The van der Waals surface area contributed by atoms with E-state index in [1.165, 1.54) is 6.07 Å². The molecule has 4 nitrogen and oxygen atoms in total. The molecule has 0 saturated carbocycles. The van der Waals surface area contributed by atoms with Crippen molar-refractivity contribution in [1.82, 2.24) is 9.38 Å². The molecule has 4 aromatic rings. The number of nitrogens with zero attached hydrogens (tertiary/aromatic N) is 4. The van der Waals surface area contributed by atoms with Crippen LogP contribution < -0.4 is 0 Å². The molecular weight excluding hydrogens is 334 g/mol. The van der Waals surface area contributed by atoms with Crippen molar-refractivity contribution in [3.05, 3.63) is 84.1 Å². The molecule has 0 atom stereocenters.